The number of amides is 1. The van der Waals surface area contributed by atoms with E-state index in [0.29, 0.717) is 18.6 Å². The van der Waals surface area contributed by atoms with Gasteiger partial charge >= 0.3 is 12.1 Å². The fourth-order valence-electron chi connectivity index (χ4n) is 3.88. The Labute approximate surface area is 183 Å². The van der Waals surface area contributed by atoms with Crippen LogP contribution in [0, 0.1) is 5.92 Å². The molecular weight excluding hydrogens is 427 g/mol. The average Bonchev–Trinajstić information content (AvgIpc) is 3.27. The number of carboxylic acid groups (broad SMARTS) is 1. The van der Waals surface area contributed by atoms with Gasteiger partial charge in [-0.3, -0.25) is 4.79 Å². The van der Waals surface area contributed by atoms with Crippen LogP contribution in [0.2, 0.25) is 0 Å². The number of hydrogen-bond acceptors (Lipinski definition) is 5. The zero-order valence-electron chi connectivity index (χ0n) is 17.5. The summed E-state index contributed by atoms with van der Waals surface area (Å²) in [5, 5.41) is 11.7. The highest BCUT2D eigenvalue weighted by molar-refractivity contribution is 6.02. The number of imidazole rings is 1. The van der Waals surface area contributed by atoms with Gasteiger partial charge in [-0.2, -0.15) is 13.2 Å². The van der Waals surface area contributed by atoms with Crippen LogP contribution in [-0.4, -0.2) is 32.6 Å². The number of rotatable bonds is 8. The van der Waals surface area contributed by atoms with Crippen molar-refractivity contribution >= 4 is 17.6 Å². The van der Waals surface area contributed by atoms with Crippen LogP contribution in [0.25, 0.3) is 0 Å². The van der Waals surface area contributed by atoms with Crippen LogP contribution >= 0.6 is 0 Å². The lowest BCUT2D eigenvalue weighted by molar-refractivity contribution is -0.137. The summed E-state index contributed by atoms with van der Waals surface area (Å²) in [6, 6.07) is 1.41. The molecule has 1 aliphatic heterocycles. The third-order valence-corrected chi connectivity index (χ3v) is 5.57. The highest BCUT2D eigenvalue weighted by atomic mass is 19.4. The number of anilines is 1. The van der Waals surface area contributed by atoms with Crippen LogP contribution in [0.1, 0.15) is 61.1 Å². The fourth-order valence-corrected chi connectivity index (χ4v) is 3.88. The number of nitrogens with one attached hydrogen (secondary N) is 3. The molecule has 3 atom stereocenters. The van der Waals surface area contributed by atoms with E-state index >= 15 is 0 Å². The minimum atomic E-state index is -4.66. The number of carbonyl (C=O) groups excluding carboxylic acids is 1. The van der Waals surface area contributed by atoms with Crippen molar-refractivity contribution in [3.8, 4) is 0 Å². The molecule has 1 fully saturated rings. The smallest absolute Gasteiger partial charge is 0.416 e. The molecule has 0 aliphatic carbocycles. The van der Waals surface area contributed by atoms with E-state index in [0.717, 1.165) is 31.7 Å². The van der Waals surface area contributed by atoms with Crippen LogP contribution < -0.4 is 16.2 Å². The monoisotopic (exact) mass is 453 g/mol. The van der Waals surface area contributed by atoms with E-state index < -0.39 is 40.9 Å². The molecule has 2 heterocycles. The minimum Gasteiger partial charge on any atom is -0.478 e. The van der Waals surface area contributed by atoms with E-state index in [2.05, 4.69) is 28.1 Å². The van der Waals surface area contributed by atoms with Gasteiger partial charge in [-0.25, -0.2) is 20.6 Å². The van der Waals surface area contributed by atoms with Crippen LogP contribution in [0.15, 0.2) is 36.9 Å². The minimum absolute atomic E-state index is 0.0632. The first-order valence-corrected chi connectivity index (χ1v) is 10.4. The predicted octanol–water partition coefficient (Wildman–Crippen LogP) is 3.80. The van der Waals surface area contributed by atoms with Crippen molar-refractivity contribution in [2.45, 2.75) is 57.4 Å². The van der Waals surface area contributed by atoms with Gasteiger partial charge in [-0.15, -0.1) is 0 Å². The lowest BCUT2D eigenvalue weighted by Crippen LogP contribution is -2.57. The van der Waals surface area contributed by atoms with Gasteiger partial charge in [-0.1, -0.05) is 26.2 Å². The maximum absolute atomic E-state index is 13.1. The first-order valence-electron chi connectivity index (χ1n) is 10.4. The molecule has 8 nitrogen and oxygen atoms in total. The van der Waals surface area contributed by atoms with Crippen molar-refractivity contribution < 1.29 is 27.9 Å². The Bertz CT molecular complexity index is 933. The molecule has 0 bridgehead atoms. The Morgan fingerprint density at radius 1 is 1.28 bits per heavy atom. The predicted molar refractivity (Wildman–Crippen MR) is 111 cm³/mol. The summed E-state index contributed by atoms with van der Waals surface area (Å²) in [7, 11) is 0. The highest BCUT2D eigenvalue weighted by Gasteiger charge is 2.35. The molecule has 1 saturated heterocycles. The lowest BCUT2D eigenvalue weighted by Gasteiger charge is -2.38. The summed E-state index contributed by atoms with van der Waals surface area (Å²) < 4.78 is 41.1. The number of benzene rings is 1. The summed E-state index contributed by atoms with van der Waals surface area (Å²) in [5.41, 5.74) is 4.18. The van der Waals surface area contributed by atoms with Gasteiger partial charge in [0.15, 0.2) is 0 Å². The van der Waals surface area contributed by atoms with E-state index in [-0.39, 0.29) is 12.1 Å². The van der Waals surface area contributed by atoms with Crippen molar-refractivity contribution in [2.24, 2.45) is 5.92 Å². The van der Waals surface area contributed by atoms with Crippen LogP contribution in [0.5, 0.6) is 0 Å². The average molecular weight is 453 g/mol. The standard InChI is InChI=1S/C21H26F3N5O3/c1-2-3-4-5-13-10-17(27-28-18(13)29-9-8-25-12-29)19(30)26-16-11-14(21(22,23)24)6-7-15(16)20(31)32/h6-9,11-13,17-18,27-28H,2-5,10H2,1H3,(H,26,30)(H,31,32). The number of aromatic nitrogens is 2. The number of carbonyl (C=O) groups is 2. The second-order valence-corrected chi connectivity index (χ2v) is 7.84. The number of nitrogens with zero attached hydrogens (tertiary/aromatic N) is 2. The van der Waals surface area contributed by atoms with Crippen LogP contribution in [0.3, 0.4) is 0 Å². The SMILES string of the molecule is CCCCCC1CC(C(=O)Nc2cc(C(F)(F)F)ccc2C(=O)O)NNC1n1ccnc1. The Balaban J connectivity index is 1.77. The summed E-state index contributed by atoms with van der Waals surface area (Å²) in [5.74, 6) is -1.97. The molecule has 3 unspecified atom stereocenters. The molecule has 1 aromatic heterocycles. The summed E-state index contributed by atoms with van der Waals surface area (Å²) in [6.45, 7) is 2.10. The summed E-state index contributed by atoms with van der Waals surface area (Å²) >= 11 is 0. The summed E-state index contributed by atoms with van der Waals surface area (Å²) in [6.07, 6.45) is 4.68. The zero-order chi connectivity index (χ0) is 23.3. The molecule has 11 heteroatoms. The molecule has 2 aromatic rings. The van der Waals surface area contributed by atoms with E-state index in [1.807, 2.05) is 10.8 Å². The van der Waals surface area contributed by atoms with E-state index in [1.54, 1.807) is 12.5 Å². The van der Waals surface area contributed by atoms with E-state index in [9.17, 15) is 27.9 Å². The van der Waals surface area contributed by atoms with Crippen molar-refractivity contribution in [3.05, 3.63) is 48.0 Å². The number of halogens is 3. The molecule has 1 aromatic carbocycles. The van der Waals surface area contributed by atoms with Crippen molar-refractivity contribution in [3.63, 3.8) is 0 Å². The second kappa shape index (κ2) is 10.1. The number of unbranched alkanes of at least 4 members (excludes halogenated alkanes) is 2. The first kappa shape index (κ1) is 23.7. The molecule has 3 rings (SSSR count). The van der Waals surface area contributed by atoms with Crippen LogP contribution in [-0.2, 0) is 11.0 Å². The number of hydrogen-bond donors (Lipinski definition) is 4. The first-order chi connectivity index (χ1) is 15.2. The summed E-state index contributed by atoms with van der Waals surface area (Å²) in [4.78, 5) is 28.4. The molecule has 174 valence electrons. The molecule has 32 heavy (non-hydrogen) atoms. The van der Waals surface area contributed by atoms with Crippen molar-refractivity contribution in [1.29, 1.82) is 0 Å². The van der Waals surface area contributed by atoms with Crippen molar-refractivity contribution in [2.75, 3.05) is 5.32 Å². The van der Waals surface area contributed by atoms with Crippen molar-refractivity contribution in [1.82, 2.24) is 20.4 Å². The highest BCUT2D eigenvalue weighted by Crippen LogP contribution is 2.33. The third-order valence-electron chi connectivity index (χ3n) is 5.57. The second-order valence-electron chi connectivity index (χ2n) is 7.84. The third kappa shape index (κ3) is 5.65. The lowest BCUT2D eigenvalue weighted by atomic mass is 9.89. The topological polar surface area (TPSA) is 108 Å². The quantitative estimate of drug-likeness (QED) is 0.453. The Hall–Kier alpha value is -2.92. The molecule has 0 saturated carbocycles. The Morgan fingerprint density at radius 3 is 2.69 bits per heavy atom. The van der Waals surface area contributed by atoms with Crippen LogP contribution in [0.4, 0.5) is 18.9 Å². The molecule has 0 spiro atoms. The number of hydrazine groups is 1. The molecule has 4 N–H and O–H groups in total. The normalized spacial score (nSPS) is 21.3. The van der Waals surface area contributed by atoms with Gasteiger partial charge < -0.3 is 15.0 Å². The molecule has 1 aliphatic rings. The Morgan fingerprint density at radius 2 is 2.06 bits per heavy atom. The maximum Gasteiger partial charge on any atom is 0.416 e. The van der Waals surface area contributed by atoms with Gasteiger partial charge in [0.25, 0.3) is 0 Å². The number of alkyl halides is 3. The van der Waals surface area contributed by atoms with Gasteiger partial charge in [0.05, 0.1) is 23.1 Å². The number of carboxylic acids is 1. The molecule has 0 radical (unpaired) electrons. The number of aromatic carboxylic acids is 1. The zero-order valence-corrected chi connectivity index (χ0v) is 17.5. The van der Waals surface area contributed by atoms with Gasteiger partial charge in [0, 0.05) is 12.4 Å². The van der Waals surface area contributed by atoms with Gasteiger partial charge in [0.1, 0.15) is 12.2 Å². The molecular formula is C21H26F3N5O3. The van der Waals surface area contributed by atoms with E-state index in [4.69, 9.17) is 0 Å². The Kier molecular flexibility index (Phi) is 7.52. The maximum atomic E-state index is 13.1. The largest absolute Gasteiger partial charge is 0.478 e. The fraction of sp³-hybridized carbons (Fsp3) is 0.476. The van der Waals surface area contributed by atoms with Gasteiger partial charge in [-0.05, 0) is 37.0 Å². The molecule has 1 amide bonds. The van der Waals surface area contributed by atoms with Gasteiger partial charge in [0.2, 0.25) is 5.91 Å². The van der Waals surface area contributed by atoms with E-state index in [1.165, 1.54) is 0 Å².